The average molecular weight is 369 g/mol. The first-order valence-corrected chi connectivity index (χ1v) is 8.04. The second-order valence-corrected chi connectivity index (χ2v) is 5.65. The van der Waals surface area contributed by atoms with Crippen molar-refractivity contribution in [3.05, 3.63) is 42.0 Å². The molecule has 0 fully saturated rings. The summed E-state index contributed by atoms with van der Waals surface area (Å²) < 4.78 is 21.2. The molecule has 0 radical (unpaired) electrons. The van der Waals surface area contributed by atoms with Crippen molar-refractivity contribution in [2.24, 2.45) is 0 Å². The Morgan fingerprint density at radius 1 is 0.815 bits per heavy atom. The summed E-state index contributed by atoms with van der Waals surface area (Å²) in [6.45, 7) is 0. The molecule has 1 N–H and O–H groups in total. The molecule has 27 heavy (non-hydrogen) atoms. The number of rotatable bonds is 6. The summed E-state index contributed by atoms with van der Waals surface area (Å²) >= 11 is 0. The quantitative estimate of drug-likeness (QED) is 0.710. The molecular weight excluding hydrogens is 350 g/mol. The summed E-state index contributed by atoms with van der Waals surface area (Å²) in [5, 5.41) is 10.1. The second kappa shape index (κ2) is 7.41. The van der Waals surface area contributed by atoms with Gasteiger partial charge >= 0.3 is 5.97 Å². The second-order valence-electron chi connectivity index (χ2n) is 5.65. The van der Waals surface area contributed by atoms with Gasteiger partial charge in [-0.1, -0.05) is 0 Å². The number of aromatic nitrogens is 1. The molecule has 0 saturated heterocycles. The topological polar surface area (TPSA) is 87.1 Å². The highest BCUT2D eigenvalue weighted by molar-refractivity contribution is 6.04. The van der Waals surface area contributed by atoms with E-state index in [-0.39, 0.29) is 5.56 Å². The zero-order valence-corrected chi connectivity index (χ0v) is 15.4. The average Bonchev–Trinajstić information content (AvgIpc) is 2.70. The van der Waals surface area contributed by atoms with Gasteiger partial charge in [-0.05, 0) is 30.3 Å². The summed E-state index contributed by atoms with van der Waals surface area (Å²) in [4.78, 5) is 16.4. The molecule has 0 amide bonds. The lowest BCUT2D eigenvalue weighted by atomic mass is 10.0. The number of carbonyl (C=O) groups is 1. The maximum absolute atomic E-state index is 11.8. The van der Waals surface area contributed by atoms with Gasteiger partial charge in [0.15, 0.2) is 23.0 Å². The molecule has 0 aliphatic carbocycles. The fourth-order valence-electron chi connectivity index (χ4n) is 2.87. The molecule has 7 heteroatoms. The van der Waals surface area contributed by atoms with Crippen LogP contribution in [0.2, 0.25) is 0 Å². The van der Waals surface area contributed by atoms with Gasteiger partial charge in [-0.25, -0.2) is 9.78 Å². The van der Waals surface area contributed by atoms with Crippen molar-refractivity contribution in [2.45, 2.75) is 0 Å². The molecule has 0 aliphatic rings. The van der Waals surface area contributed by atoms with Crippen molar-refractivity contribution in [3.8, 4) is 34.3 Å². The van der Waals surface area contributed by atoms with Gasteiger partial charge in [0.2, 0.25) is 0 Å². The molecule has 3 rings (SSSR count). The van der Waals surface area contributed by atoms with Gasteiger partial charge in [0.25, 0.3) is 0 Å². The minimum Gasteiger partial charge on any atom is -0.493 e. The highest BCUT2D eigenvalue weighted by Gasteiger charge is 2.17. The molecule has 0 saturated carbocycles. The van der Waals surface area contributed by atoms with Gasteiger partial charge in [0.1, 0.15) is 0 Å². The molecule has 7 nitrogen and oxygen atoms in total. The fourth-order valence-corrected chi connectivity index (χ4v) is 2.87. The third kappa shape index (κ3) is 3.31. The van der Waals surface area contributed by atoms with E-state index >= 15 is 0 Å². The van der Waals surface area contributed by atoms with E-state index in [4.69, 9.17) is 18.9 Å². The van der Waals surface area contributed by atoms with Crippen molar-refractivity contribution in [1.82, 2.24) is 4.98 Å². The number of pyridine rings is 1. The van der Waals surface area contributed by atoms with Crippen LogP contribution in [0.15, 0.2) is 36.4 Å². The number of nitrogens with zero attached hydrogens (tertiary/aromatic N) is 1. The standard InChI is InChI=1S/C20H19NO6/c1-24-16-6-5-11(7-17(16)25-2)14-8-13(20(22)23)12-9-18(26-3)19(27-4)10-15(12)21-14/h5-10H,1-4H3,(H,22,23). The first kappa shape index (κ1) is 18.3. The molecule has 1 heterocycles. The van der Waals surface area contributed by atoms with Crippen LogP contribution < -0.4 is 18.9 Å². The summed E-state index contributed by atoms with van der Waals surface area (Å²) in [5.74, 6) is 0.954. The molecule has 0 atom stereocenters. The largest absolute Gasteiger partial charge is 0.493 e. The van der Waals surface area contributed by atoms with Crippen LogP contribution in [-0.2, 0) is 0 Å². The van der Waals surface area contributed by atoms with Crippen molar-refractivity contribution >= 4 is 16.9 Å². The van der Waals surface area contributed by atoms with Gasteiger partial charge in [0.05, 0.1) is 45.2 Å². The number of hydrogen-bond acceptors (Lipinski definition) is 6. The molecule has 0 aliphatic heterocycles. The van der Waals surface area contributed by atoms with Crippen LogP contribution in [0.1, 0.15) is 10.4 Å². The first-order chi connectivity index (χ1) is 13.0. The van der Waals surface area contributed by atoms with Gasteiger partial charge in [-0.3, -0.25) is 0 Å². The van der Waals surface area contributed by atoms with Gasteiger partial charge < -0.3 is 24.1 Å². The maximum atomic E-state index is 11.8. The lowest BCUT2D eigenvalue weighted by Gasteiger charge is -2.13. The minimum absolute atomic E-state index is 0.116. The maximum Gasteiger partial charge on any atom is 0.336 e. The number of methoxy groups -OCH3 is 4. The van der Waals surface area contributed by atoms with Crippen LogP contribution in [0.5, 0.6) is 23.0 Å². The smallest absolute Gasteiger partial charge is 0.336 e. The Labute approximate surface area is 156 Å². The van der Waals surface area contributed by atoms with E-state index in [0.717, 1.165) is 0 Å². The summed E-state index contributed by atoms with van der Waals surface area (Å²) in [5.41, 5.74) is 1.79. The Balaban J connectivity index is 2.27. The Morgan fingerprint density at radius 2 is 1.41 bits per heavy atom. The van der Waals surface area contributed by atoms with Crippen LogP contribution in [0.4, 0.5) is 0 Å². The van der Waals surface area contributed by atoms with E-state index in [1.165, 1.54) is 27.4 Å². The van der Waals surface area contributed by atoms with Crippen molar-refractivity contribution < 1.29 is 28.8 Å². The fraction of sp³-hybridized carbons (Fsp3) is 0.200. The molecule has 3 aromatic rings. The third-order valence-corrected chi connectivity index (χ3v) is 4.22. The van der Waals surface area contributed by atoms with E-state index in [0.29, 0.717) is 45.2 Å². The number of carboxylic acids is 1. The van der Waals surface area contributed by atoms with Crippen LogP contribution in [0.25, 0.3) is 22.2 Å². The monoisotopic (exact) mass is 369 g/mol. The van der Waals surface area contributed by atoms with Crippen LogP contribution in [0, 0.1) is 0 Å². The number of carboxylic acid groups (broad SMARTS) is 1. The lowest BCUT2D eigenvalue weighted by molar-refractivity contribution is 0.0699. The van der Waals surface area contributed by atoms with Crippen LogP contribution in [0.3, 0.4) is 0 Å². The van der Waals surface area contributed by atoms with E-state index in [2.05, 4.69) is 4.98 Å². The van der Waals surface area contributed by atoms with E-state index in [9.17, 15) is 9.90 Å². The number of hydrogen-bond donors (Lipinski definition) is 1. The highest BCUT2D eigenvalue weighted by atomic mass is 16.5. The molecule has 1 aromatic heterocycles. The van der Waals surface area contributed by atoms with Crippen molar-refractivity contribution in [2.75, 3.05) is 28.4 Å². The molecule has 0 unspecified atom stereocenters. The molecule has 0 bridgehead atoms. The zero-order valence-electron chi connectivity index (χ0n) is 15.4. The van der Waals surface area contributed by atoms with Gasteiger partial charge in [-0.15, -0.1) is 0 Å². The number of fused-ring (bicyclic) bond motifs is 1. The predicted octanol–water partition coefficient (Wildman–Crippen LogP) is 3.63. The van der Waals surface area contributed by atoms with Gasteiger partial charge in [0, 0.05) is 17.0 Å². The van der Waals surface area contributed by atoms with E-state index in [1.807, 2.05) is 0 Å². The summed E-state index contributed by atoms with van der Waals surface area (Å²) in [7, 11) is 6.10. The lowest BCUT2D eigenvalue weighted by Crippen LogP contribution is -2.02. The Hall–Kier alpha value is -3.48. The third-order valence-electron chi connectivity index (χ3n) is 4.22. The normalized spacial score (nSPS) is 10.5. The number of aromatic carboxylic acids is 1. The Morgan fingerprint density at radius 3 is 2.00 bits per heavy atom. The van der Waals surface area contributed by atoms with E-state index < -0.39 is 5.97 Å². The Bertz CT molecular complexity index is 1020. The number of ether oxygens (including phenoxy) is 4. The minimum atomic E-state index is -1.06. The van der Waals surface area contributed by atoms with Crippen molar-refractivity contribution in [3.63, 3.8) is 0 Å². The SMILES string of the molecule is COc1ccc(-c2cc(C(=O)O)c3cc(OC)c(OC)cc3n2)cc1OC. The van der Waals surface area contributed by atoms with Crippen LogP contribution in [-0.4, -0.2) is 44.5 Å². The number of benzene rings is 2. The highest BCUT2D eigenvalue weighted by Crippen LogP contribution is 2.36. The molecular formula is C20H19NO6. The zero-order chi connectivity index (χ0) is 19.6. The Kier molecular flexibility index (Phi) is 5.03. The predicted molar refractivity (Wildman–Crippen MR) is 100 cm³/mol. The van der Waals surface area contributed by atoms with Crippen molar-refractivity contribution in [1.29, 1.82) is 0 Å². The van der Waals surface area contributed by atoms with E-state index in [1.54, 1.807) is 37.4 Å². The molecule has 140 valence electrons. The van der Waals surface area contributed by atoms with Crippen LogP contribution >= 0.6 is 0 Å². The molecule has 0 spiro atoms. The van der Waals surface area contributed by atoms with Gasteiger partial charge in [-0.2, -0.15) is 0 Å². The molecule has 2 aromatic carbocycles. The summed E-state index contributed by atoms with van der Waals surface area (Å²) in [6, 6.07) is 10.1. The summed E-state index contributed by atoms with van der Waals surface area (Å²) in [6.07, 6.45) is 0. The first-order valence-electron chi connectivity index (χ1n) is 8.04.